The van der Waals surface area contributed by atoms with Gasteiger partial charge in [-0.2, -0.15) is 0 Å². The molecular weight excluding hydrogens is 258 g/mol. The number of nitrogens with one attached hydrogen (secondary N) is 1. The molecule has 0 saturated heterocycles. The van der Waals surface area contributed by atoms with E-state index >= 15 is 0 Å². The Balaban J connectivity index is 1.98. The van der Waals surface area contributed by atoms with E-state index in [2.05, 4.69) is 53.6 Å². The summed E-state index contributed by atoms with van der Waals surface area (Å²) in [7, 11) is 0. The molecule has 0 radical (unpaired) electrons. The zero-order valence-corrected chi connectivity index (χ0v) is 12.3. The van der Waals surface area contributed by atoms with Gasteiger partial charge in [-0.25, -0.2) is 0 Å². The monoisotopic (exact) mass is 277 g/mol. The van der Waals surface area contributed by atoms with Crippen LogP contribution in [0.1, 0.15) is 37.2 Å². The minimum atomic E-state index is 0.371. The average molecular weight is 277 g/mol. The van der Waals surface area contributed by atoms with E-state index in [1.54, 1.807) is 18.7 Å². The Morgan fingerprint density at radius 3 is 2.89 bits per heavy atom. The number of hydrogen-bond acceptors (Lipinski definition) is 5. The summed E-state index contributed by atoms with van der Waals surface area (Å²) in [6, 6.07) is 8.92. The van der Waals surface area contributed by atoms with Crippen LogP contribution in [0.5, 0.6) is 0 Å². The first-order valence-electron chi connectivity index (χ1n) is 6.44. The Kier molecular flexibility index (Phi) is 4.99. The van der Waals surface area contributed by atoms with Gasteiger partial charge < -0.3 is 9.73 Å². The minimum Gasteiger partial charge on any atom is -0.425 e. The maximum absolute atomic E-state index is 5.37. The van der Waals surface area contributed by atoms with E-state index in [-0.39, 0.29) is 0 Å². The molecule has 1 unspecified atom stereocenters. The van der Waals surface area contributed by atoms with Crippen LogP contribution in [-0.4, -0.2) is 16.7 Å². The molecule has 5 heteroatoms. The molecule has 0 bridgehead atoms. The molecule has 102 valence electrons. The second-order valence-electron chi connectivity index (χ2n) is 4.36. The molecule has 4 nitrogen and oxygen atoms in total. The number of aryl methyl sites for hydroxylation is 1. The lowest BCUT2D eigenvalue weighted by Crippen LogP contribution is -2.17. The van der Waals surface area contributed by atoms with Crippen LogP contribution in [0.15, 0.2) is 33.6 Å². The van der Waals surface area contributed by atoms with Crippen molar-refractivity contribution in [1.82, 2.24) is 15.5 Å². The molecule has 0 amide bonds. The van der Waals surface area contributed by atoms with Crippen LogP contribution < -0.4 is 5.32 Å². The number of aromatic nitrogens is 2. The van der Waals surface area contributed by atoms with Gasteiger partial charge in [-0.3, -0.25) is 0 Å². The van der Waals surface area contributed by atoms with Crippen molar-refractivity contribution < 1.29 is 4.42 Å². The third-order valence-corrected chi connectivity index (χ3v) is 3.78. The van der Waals surface area contributed by atoms with E-state index in [1.165, 1.54) is 10.5 Å². The quantitative estimate of drug-likeness (QED) is 0.821. The lowest BCUT2D eigenvalue weighted by molar-refractivity contribution is 0.485. The topological polar surface area (TPSA) is 51.0 Å². The number of rotatable bonds is 6. The average Bonchev–Trinajstić information content (AvgIpc) is 2.83. The van der Waals surface area contributed by atoms with E-state index in [0.717, 1.165) is 6.54 Å². The smallest absolute Gasteiger partial charge is 0.226 e. The van der Waals surface area contributed by atoms with Gasteiger partial charge in [0, 0.05) is 17.9 Å². The van der Waals surface area contributed by atoms with E-state index in [4.69, 9.17) is 4.42 Å². The van der Waals surface area contributed by atoms with Crippen LogP contribution in [-0.2, 0) is 5.75 Å². The number of benzene rings is 1. The van der Waals surface area contributed by atoms with Crippen molar-refractivity contribution in [2.24, 2.45) is 0 Å². The Hall–Kier alpha value is -1.33. The molecule has 1 aromatic heterocycles. The summed E-state index contributed by atoms with van der Waals surface area (Å²) in [6.45, 7) is 7.07. The van der Waals surface area contributed by atoms with Crippen LogP contribution in [0.25, 0.3) is 0 Å². The fourth-order valence-electron chi connectivity index (χ4n) is 1.84. The van der Waals surface area contributed by atoms with Crippen LogP contribution in [0, 0.1) is 6.92 Å². The van der Waals surface area contributed by atoms with Crippen molar-refractivity contribution in [2.45, 2.75) is 37.5 Å². The number of hydrogen-bond donors (Lipinski definition) is 1. The predicted octanol–water partition coefficient (Wildman–Crippen LogP) is 3.34. The lowest BCUT2D eigenvalue weighted by Gasteiger charge is -2.13. The highest BCUT2D eigenvalue weighted by Gasteiger charge is 2.06. The molecule has 0 aliphatic heterocycles. The highest BCUT2D eigenvalue weighted by molar-refractivity contribution is 7.98. The maximum Gasteiger partial charge on any atom is 0.226 e. The molecule has 1 heterocycles. The summed E-state index contributed by atoms with van der Waals surface area (Å²) in [5.74, 6) is 2.00. The van der Waals surface area contributed by atoms with Gasteiger partial charge in [0.05, 0.1) is 5.75 Å². The summed E-state index contributed by atoms with van der Waals surface area (Å²) in [5, 5.41) is 11.2. The van der Waals surface area contributed by atoms with Gasteiger partial charge in [0.2, 0.25) is 11.8 Å². The fourth-order valence-corrected chi connectivity index (χ4v) is 2.64. The Morgan fingerprint density at radius 2 is 2.21 bits per heavy atom. The summed E-state index contributed by atoms with van der Waals surface area (Å²) in [4.78, 5) is 1.22. The molecule has 19 heavy (non-hydrogen) atoms. The second kappa shape index (κ2) is 6.73. The second-order valence-corrected chi connectivity index (χ2v) is 5.40. The molecular formula is C14H19N3OS. The standard InChI is InChI=1S/C14H19N3OS/c1-4-15-10(2)12-6-5-7-13(8-12)19-9-14-17-16-11(3)18-14/h5-8,10,15H,4,9H2,1-3H3. The van der Waals surface area contributed by atoms with Crippen LogP contribution in [0.4, 0.5) is 0 Å². The number of nitrogens with zero attached hydrogens (tertiary/aromatic N) is 2. The van der Waals surface area contributed by atoms with Crippen molar-refractivity contribution in [2.75, 3.05) is 6.54 Å². The van der Waals surface area contributed by atoms with Gasteiger partial charge in [-0.15, -0.1) is 22.0 Å². The highest BCUT2D eigenvalue weighted by atomic mass is 32.2. The first kappa shape index (κ1) is 14.1. The molecule has 1 aromatic carbocycles. The largest absolute Gasteiger partial charge is 0.425 e. The molecule has 1 N–H and O–H groups in total. The van der Waals surface area contributed by atoms with Gasteiger partial charge in [0.1, 0.15) is 0 Å². The first-order chi connectivity index (χ1) is 9.19. The van der Waals surface area contributed by atoms with E-state index in [1.807, 2.05) is 0 Å². The van der Waals surface area contributed by atoms with Gasteiger partial charge in [-0.1, -0.05) is 19.1 Å². The molecule has 0 spiro atoms. The Morgan fingerprint density at radius 1 is 1.37 bits per heavy atom. The molecule has 2 aromatic rings. The molecule has 0 fully saturated rings. The fraction of sp³-hybridized carbons (Fsp3) is 0.429. The molecule has 0 aliphatic rings. The summed E-state index contributed by atoms with van der Waals surface area (Å²) in [5.41, 5.74) is 1.30. The van der Waals surface area contributed by atoms with Crippen LogP contribution in [0.3, 0.4) is 0 Å². The Bertz CT molecular complexity index is 527. The Labute approximate surface area is 118 Å². The molecule has 0 aliphatic carbocycles. The minimum absolute atomic E-state index is 0.371. The van der Waals surface area contributed by atoms with Crippen molar-refractivity contribution in [1.29, 1.82) is 0 Å². The van der Waals surface area contributed by atoms with Crippen LogP contribution >= 0.6 is 11.8 Å². The van der Waals surface area contributed by atoms with Crippen molar-refractivity contribution >= 4 is 11.8 Å². The van der Waals surface area contributed by atoms with Gasteiger partial charge in [-0.05, 0) is 31.2 Å². The summed E-state index contributed by atoms with van der Waals surface area (Å²) in [6.07, 6.45) is 0. The summed E-state index contributed by atoms with van der Waals surface area (Å²) >= 11 is 1.71. The van der Waals surface area contributed by atoms with Crippen molar-refractivity contribution in [3.63, 3.8) is 0 Å². The van der Waals surface area contributed by atoms with Gasteiger partial charge in [0.15, 0.2) is 0 Å². The molecule has 2 rings (SSSR count). The van der Waals surface area contributed by atoms with Crippen LogP contribution in [0.2, 0.25) is 0 Å². The first-order valence-corrected chi connectivity index (χ1v) is 7.42. The molecule has 1 atom stereocenters. The maximum atomic E-state index is 5.37. The van der Waals surface area contributed by atoms with Gasteiger partial charge in [0.25, 0.3) is 0 Å². The molecule has 0 saturated carbocycles. The SMILES string of the molecule is CCNC(C)c1cccc(SCc2nnc(C)o2)c1. The zero-order valence-electron chi connectivity index (χ0n) is 11.5. The van der Waals surface area contributed by atoms with E-state index in [9.17, 15) is 0 Å². The van der Waals surface area contributed by atoms with E-state index in [0.29, 0.717) is 23.6 Å². The predicted molar refractivity (Wildman–Crippen MR) is 77.1 cm³/mol. The van der Waals surface area contributed by atoms with Crippen molar-refractivity contribution in [3.8, 4) is 0 Å². The van der Waals surface area contributed by atoms with E-state index < -0.39 is 0 Å². The lowest BCUT2D eigenvalue weighted by atomic mass is 10.1. The normalized spacial score (nSPS) is 12.6. The highest BCUT2D eigenvalue weighted by Crippen LogP contribution is 2.25. The number of thioether (sulfide) groups is 1. The third-order valence-electron chi connectivity index (χ3n) is 2.80. The van der Waals surface area contributed by atoms with Gasteiger partial charge >= 0.3 is 0 Å². The summed E-state index contributed by atoms with van der Waals surface area (Å²) < 4.78 is 5.37. The van der Waals surface area contributed by atoms with Crippen molar-refractivity contribution in [3.05, 3.63) is 41.6 Å². The third kappa shape index (κ3) is 4.08. The zero-order chi connectivity index (χ0) is 13.7.